The highest BCUT2D eigenvalue weighted by atomic mass is 16.5. The van der Waals surface area contributed by atoms with Crippen LogP contribution in [0.15, 0.2) is 66.9 Å². The number of hydrogen-bond donors (Lipinski definition) is 1. The lowest BCUT2D eigenvalue weighted by molar-refractivity contribution is 0.118. The zero-order valence-electron chi connectivity index (χ0n) is 18.7. The largest absolute Gasteiger partial charge is 0.453 e. The molecule has 4 aromatic rings. The van der Waals surface area contributed by atoms with Gasteiger partial charge >= 0.3 is 0 Å². The number of ether oxygens (including phenoxy) is 1. The molecule has 0 amide bonds. The Morgan fingerprint density at radius 2 is 1.71 bits per heavy atom. The summed E-state index contributed by atoms with van der Waals surface area (Å²) >= 11 is 0. The molecular weight excluding hydrogens is 426 g/mol. The van der Waals surface area contributed by atoms with Gasteiger partial charge in [0.15, 0.2) is 17.3 Å². The third-order valence-electron chi connectivity index (χ3n) is 7.48. The molecule has 2 bridgehead atoms. The van der Waals surface area contributed by atoms with E-state index in [4.69, 9.17) is 4.74 Å². The van der Waals surface area contributed by atoms with Crippen LogP contribution in [0.25, 0.3) is 11.4 Å². The summed E-state index contributed by atoms with van der Waals surface area (Å²) in [5.74, 6) is 2.37. The molecule has 170 valence electrons. The zero-order valence-corrected chi connectivity index (χ0v) is 18.7. The van der Waals surface area contributed by atoms with Crippen LogP contribution in [0, 0.1) is 0 Å². The lowest BCUT2D eigenvalue weighted by atomic mass is 9.93. The van der Waals surface area contributed by atoms with Crippen molar-refractivity contribution in [1.29, 1.82) is 0 Å². The summed E-state index contributed by atoms with van der Waals surface area (Å²) in [7, 11) is 0. The third kappa shape index (κ3) is 3.25. The number of nitrogens with zero attached hydrogens (tertiary/aromatic N) is 6. The Balaban J connectivity index is 1.22. The van der Waals surface area contributed by atoms with E-state index in [2.05, 4.69) is 77.9 Å². The van der Waals surface area contributed by atoms with Crippen LogP contribution in [-0.4, -0.2) is 48.6 Å². The number of benzene rings is 2. The molecule has 34 heavy (non-hydrogen) atoms. The van der Waals surface area contributed by atoms with Gasteiger partial charge in [0.05, 0.1) is 17.1 Å². The minimum atomic E-state index is 0.416. The molecule has 8 heteroatoms. The van der Waals surface area contributed by atoms with E-state index in [1.165, 1.54) is 12.8 Å². The van der Waals surface area contributed by atoms with Crippen LogP contribution in [0.2, 0.25) is 0 Å². The molecule has 8 nitrogen and oxygen atoms in total. The molecule has 0 unspecified atom stereocenters. The van der Waals surface area contributed by atoms with Crippen LogP contribution in [0.1, 0.15) is 31.4 Å². The first-order valence-corrected chi connectivity index (χ1v) is 11.9. The van der Waals surface area contributed by atoms with Crippen molar-refractivity contribution in [2.45, 2.75) is 50.4 Å². The quantitative estimate of drug-likeness (QED) is 0.481. The van der Waals surface area contributed by atoms with Crippen LogP contribution in [0.4, 0.5) is 11.4 Å². The van der Waals surface area contributed by atoms with Crippen molar-refractivity contribution in [1.82, 2.24) is 30.5 Å². The number of para-hydroxylation sites is 2. The van der Waals surface area contributed by atoms with Crippen molar-refractivity contribution in [2.24, 2.45) is 0 Å². The van der Waals surface area contributed by atoms with E-state index in [0.29, 0.717) is 23.9 Å². The average molecular weight is 452 g/mol. The number of hydrogen-bond acceptors (Lipinski definition) is 7. The maximum atomic E-state index is 6.36. The van der Waals surface area contributed by atoms with Crippen LogP contribution in [-0.2, 0) is 6.54 Å². The monoisotopic (exact) mass is 451 g/mol. The third-order valence-corrected chi connectivity index (χ3v) is 7.48. The van der Waals surface area contributed by atoms with Crippen LogP contribution < -0.4 is 9.64 Å². The summed E-state index contributed by atoms with van der Waals surface area (Å²) < 4.78 is 6.36. The van der Waals surface area contributed by atoms with E-state index in [1.54, 1.807) is 0 Å². The fraction of sp³-hybridized carbons (Fsp3) is 0.308. The normalized spacial score (nSPS) is 23.3. The highest BCUT2D eigenvalue weighted by Gasteiger charge is 2.44. The van der Waals surface area contributed by atoms with Crippen molar-refractivity contribution in [3.63, 3.8) is 0 Å². The van der Waals surface area contributed by atoms with Gasteiger partial charge in [-0.25, -0.2) is 5.10 Å². The Morgan fingerprint density at radius 3 is 2.50 bits per heavy atom. The van der Waals surface area contributed by atoms with Gasteiger partial charge in [0.2, 0.25) is 0 Å². The van der Waals surface area contributed by atoms with Gasteiger partial charge in [-0.05, 0) is 78.6 Å². The number of tetrazole rings is 1. The number of aromatic nitrogens is 5. The summed E-state index contributed by atoms with van der Waals surface area (Å²) in [5, 5.41) is 14.3. The van der Waals surface area contributed by atoms with Gasteiger partial charge in [0.1, 0.15) is 0 Å². The molecule has 0 spiro atoms. The number of aromatic amines is 1. The number of piperidine rings is 1. The smallest absolute Gasteiger partial charge is 0.179 e. The zero-order chi connectivity index (χ0) is 22.5. The highest BCUT2D eigenvalue weighted by Crippen LogP contribution is 2.51. The molecule has 2 saturated heterocycles. The lowest BCUT2D eigenvalue weighted by Crippen LogP contribution is -2.49. The molecule has 3 aliphatic rings. The van der Waals surface area contributed by atoms with Gasteiger partial charge in [0.25, 0.3) is 0 Å². The van der Waals surface area contributed by atoms with E-state index in [-0.39, 0.29) is 0 Å². The molecule has 2 aromatic carbocycles. The molecule has 0 radical (unpaired) electrons. The molecule has 2 aromatic heterocycles. The van der Waals surface area contributed by atoms with Gasteiger partial charge in [-0.15, -0.1) is 5.10 Å². The van der Waals surface area contributed by atoms with E-state index in [9.17, 15) is 0 Å². The summed E-state index contributed by atoms with van der Waals surface area (Å²) in [5.41, 5.74) is 4.33. The van der Waals surface area contributed by atoms with Crippen molar-refractivity contribution in [3.05, 3.63) is 72.6 Å². The molecule has 3 aliphatic heterocycles. The summed E-state index contributed by atoms with van der Waals surface area (Å²) in [6, 6.07) is 22.4. The second kappa shape index (κ2) is 7.92. The Kier molecular flexibility index (Phi) is 4.58. The molecule has 2 fully saturated rings. The minimum absolute atomic E-state index is 0.416. The molecule has 1 N–H and O–H groups in total. The average Bonchev–Trinajstić information content (AvgIpc) is 3.49. The highest BCUT2D eigenvalue weighted by molar-refractivity contribution is 5.80. The molecule has 0 aliphatic carbocycles. The van der Waals surface area contributed by atoms with Gasteiger partial charge in [-0.3, -0.25) is 9.88 Å². The fourth-order valence-electron chi connectivity index (χ4n) is 6.00. The summed E-state index contributed by atoms with van der Waals surface area (Å²) in [6.45, 7) is 0.938. The van der Waals surface area contributed by atoms with E-state index in [0.717, 1.165) is 53.5 Å². The lowest BCUT2D eigenvalue weighted by Gasteiger charge is -2.45. The van der Waals surface area contributed by atoms with Crippen LogP contribution >= 0.6 is 0 Å². The van der Waals surface area contributed by atoms with Crippen molar-refractivity contribution in [3.8, 4) is 22.9 Å². The number of anilines is 2. The maximum absolute atomic E-state index is 6.36. The van der Waals surface area contributed by atoms with Gasteiger partial charge < -0.3 is 9.64 Å². The van der Waals surface area contributed by atoms with E-state index in [1.807, 2.05) is 24.4 Å². The Hall–Kier alpha value is -3.78. The van der Waals surface area contributed by atoms with E-state index >= 15 is 0 Å². The first-order chi connectivity index (χ1) is 16.8. The standard InChI is InChI=1S/C26H25N7O/c1-2-7-24-22(6-1)33(23-11-8-17(13-25(23)34-24)26-28-30-31-29-26)21-14-19-9-10-20(15-21)32(19)16-18-5-3-4-12-27-18/h1-8,11-13,19-21H,9-10,14-16H2,(H,28,29,30,31)/t19-,20+,21+. The topological polar surface area (TPSA) is 83.1 Å². The molecular formula is C26H25N7O. The van der Waals surface area contributed by atoms with Gasteiger partial charge in [-0.1, -0.05) is 18.2 Å². The van der Waals surface area contributed by atoms with Crippen LogP contribution in [0.3, 0.4) is 0 Å². The molecule has 3 atom stereocenters. The predicted molar refractivity (Wildman–Crippen MR) is 128 cm³/mol. The maximum Gasteiger partial charge on any atom is 0.179 e. The molecule has 7 rings (SSSR count). The number of fused-ring (bicyclic) bond motifs is 4. The van der Waals surface area contributed by atoms with Crippen molar-refractivity contribution >= 4 is 11.4 Å². The van der Waals surface area contributed by atoms with Crippen molar-refractivity contribution < 1.29 is 4.74 Å². The summed E-state index contributed by atoms with van der Waals surface area (Å²) in [6.07, 6.45) is 6.67. The fourth-order valence-corrected chi connectivity index (χ4v) is 6.00. The number of H-pyrrole nitrogens is 1. The molecule has 5 heterocycles. The first-order valence-electron chi connectivity index (χ1n) is 11.9. The second-order valence-corrected chi connectivity index (χ2v) is 9.38. The Morgan fingerprint density at radius 1 is 0.882 bits per heavy atom. The second-order valence-electron chi connectivity index (χ2n) is 9.38. The Labute approximate surface area is 197 Å². The minimum Gasteiger partial charge on any atom is -0.453 e. The van der Waals surface area contributed by atoms with E-state index < -0.39 is 0 Å². The first kappa shape index (κ1) is 19.7. The van der Waals surface area contributed by atoms with Gasteiger partial charge in [0, 0.05) is 36.4 Å². The van der Waals surface area contributed by atoms with Crippen molar-refractivity contribution in [2.75, 3.05) is 4.90 Å². The van der Waals surface area contributed by atoms with Crippen LogP contribution in [0.5, 0.6) is 11.5 Å². The molecule has 0 saturated carbocycles. The number of nitrogens with one attached hydrogen (secondary N) is 1. The Bertz CT molecular complexity index is 1300. The predicted octanol–water partition coefficient (Wildman–Crippen LogP) is 4.70. The number of rotatable bonds is 4. The number of pyridine rings is 1. The SMILES string of the molecule is c1ccc(CN2[C@@H]3CC[C@H]2C[C@@H](N2c4ccccc4Oc4cc(-c5nnn[nH]5)ccc42)C3)nc1. The van der Waals surface area contributed by atoms with Gasteiger partial charge in [-0.2, -0.15) is 0 Å². The summed E-state index contributed by atoms with van der Waals surface area (Å²) in [4.78, 5) is 9.78.